The SMILES string of the molecule is CCC(CC)CN(CC)Cc1cccc(C(=O)O)c1F. The topological polar surface area (TPSA) is 40.5 Å². The molecule has 0 aromatic heterocycles. The van der Waals surface area contributed by atoms with Gasteiger partial charge in [-0.25, -0.2) is 9.18 Å². The van der Waals surface area contributed by atoms with Crippen molar-refractivity contribution in [1.82, 2.24) is 4.90 Å². The lowest BCUT2D eigenvalue weighted by Crippen LogP contribution is -2.29. The van der Waals surface area contributed by atoms with Crippen LogP contribution in [0, 0.1) is 11.7 Å². The van der Waals surface area contributed by atoms with Gasteiger partial charge < -0.3 is 5.11 Å². The van der Waals surface area contributed by atoms with Crippen molar-refractivity contribution in [3.63, 3.8) is 0 Å². The second-order valence-electron chi connectivity index (χ2n) is 5.09. The highest BCUT2D eigenvalue weighted by atomic mass is 19.1. The van der Waals surface area contributed by atoms with E-state index in [1.54, 1.807) is 12.1 Å². The first-order valence-corrected chi connectivity index (χ1v) is 7.26. The van der Waals surface area contributed by atoms with E-state index in [0.717, 1.165) is 25.9 Å². The van der Waals surface area contributed by atoms with Crippen LogP contribution in [0.1, 0.15) is 49.5 Å². The first-order chi connectivity index (χ1) is 9.53. The van der Waals surface area contributed by atoms with Crippen molar-refractivity contribution in [3.05, 3.63) is 35.1 Å². The van der Waals surface area contributed by atoms with Crippen molar-refractivity contribution in [1.29, 1.82) is 0 Å². The molecule has 0 spiro atoms. The van der Waals surface area contributed by atoms with Crippen molar-refractivity contribution in [2.24, 2.45) is 5.92 Å². The fourth-order valence-corrected chi connectivity index (χ4v) is 2.33. The molecule has 1 aromatic carbocycles. The molecule has 3 nitrogen and oxygen atoms in total. The van der Waals surface area contributed by atoms with Gasteiger partial charge in [0.1, 0.15) is 5.82 Å². The van der Waals surface area contributed by atoms with Crippen LogP contribution in [0.15, 0.2) is 18.2 Å². The molecule has 0 aliphatic heterocycles. The molecule has 0 radical (unpaired) electrons. The predicted octanol–water partition coefficient (Wildman–Crippen LogP) is 3.78. The zero-order valence-corrected chi connectivity index (χ0v) is 12.5. The minimum Gasteiger partial charge on any atom is -0.478 e. The zero-order chi connectivity index (χ0) is 15.1. The Morgan fingerprint density at radius 1 is 1.30 bits per heavy atom. The molecule has 0 aliphatic rings. The van der Waals surface area contributed by atoms with E-state index >= 15 is 0 Å². The molecule has 0 aliphatic carbocycles. The van der Waals surface area contributed by atoms with Gasteiger partial charge in [-0.1, -0.05) is 45.7 Å². The summed E-state index contributed by atoms with van der Waals surface area (Å²) in [5, 5.41) is 8.95. The monoisotopic (exact) mass is 281 g/mol. The minimum atomic E-state index is -1.22. The Kier molecular flexibility index (Phi) is 6.65. The summed E-state index contributed by atoms with van der Waals surface area (Å²) in [5.74, 6) is -1.23. The summed E-state index contributed by atoms with van der Waals surface area (Å²) in [7, 11) is 0. The molecular weight excluding hydrogens is 257 g/mol. The maximum Gasteiger partial charge on any atom is 0.338 e. The van der Waals surface area contributed by atoms with Crippen molar-refractivity contribution < 1.29 is 14.3 Å². The summed E-state index contributed by atoms with van der Waals surface area (Å²) in [5.41, 5.74) is 0.207. The predicted molar refractivity (Wildman–Crippen MR) is 78.4 cm³/mol. The van der Waals surface area contributed by atoms with E-state index in [0.29, 0.717) is 18.0 Å². The number of nitrogens with zero attached hydrogens (tertiary/aromatic N) is 1. The number of carboxylic acid groups (broad SMARTS) is 1. The minimum absolute atomic E-state index is 0.249. The standard InChI is InChI=1S/C16H24FNO2/c1-4-12(5-2)10-18(6-3)11-13-8-7-9-14(15(13)17)16(19)20/h7-9,12H,4-6,10-11H2,1-3H3,(H,19,20). The summed E-state index contributed by atoms with van der Waals surface area (Å²) in [4.78, 5) is 13.1. The lowest BCUT2D eigenvalue weighted by atomic mass is 10.0. The molecule has 1 N–H and O–H groups in total. The van der Waals surface area contributed by atoms with E-state index in [9.17, 15) is 9.18 Å². The van der Waals surface area contributed by atoms with Gasteiger partial charge in [0.05, 0.1) is 5.56 Å². The number of hydrogen-bond acceptors (Lipinski definition) is 2. The van der Waals surface area contributed by atoms with Crippen LogP contribution in [-0.2, 0) is 6.54 Å². The Morgan fingerprint density at radius 2 is 1.95 bits per heavy atom. The number of carbonyl (C=O) groups is 1. The number of benzene rings is 1. The van der Waals surface area contributed by atoms with Crippen LogP contribution in [-0.4, -0.2) is 29.1 Å². The van der Waals surface area contributed by atoms with Crippen molar-refractivity contribution in [2.75, 3.05) is 13.1 Å². The molecule has 1 aromatic rings. The van der Waals surface area contributed by atoms with Crippen LogP contribution >= 0.6 is 0 Å². The van der Waals surface area contributed by atoms with E-state index in [2.05, 4.69) is 18.7 Å². The Morgan fingerprint density at radius 3 is 2.45 bits per heavy atom. The van der Waals surface area contributed by atoms with Gasteiger partial charge in [-0.3, -0.25) is 4.90 Å². The third-order valence-corrected chi connectivity index (χ3v) is 3.82. The van der Waals surface area contributed by atoms with Gasteiger partial charge in [0, 0.05) is 18.7 Å². The van der Waals surface area contributed by atoms with Crippen LogP contribution in [0.5, 0.6) is 0 Å². The smallest absolute Gasteiger partial charge is 0.338 e. The number of aromatic carboxylic acids is 1. The van der Waals surface area contributed by atoms with Crippen LogP contribution in [0.2, 0.25) is 0 Å². The van der Waals surface area contributed by atoms with Crippen LogP contribution < -0.4 is 0 Å². The molecule has 0 fully saturated rings. The van der Waals surface area contributed by atoms with E-state index in [4.69, 9.17) is 5.11 Å². The molecule has 0 amide bonds. The van der Waals surface area contributed by atoms with Gasteiger partial charge in [-0.2, -0.15) is 0 Å². The van der Waals surface area contributed by atoms with Crippen molar-refractivity contribution >= 4 is 5.97 Å². The van der Waals surface area contributed by atoms with Crippen molar-refractivity contribution in [3.8, 4) is 0 Å². The Bertz CT molecular complexity index is 444. The Labute approximate surface area is 120 Å². The fourth-order valence-electron chi connectivity index (χ4n) is 2.33. The summed E-state index contributed by atoms with van der Waals surface area (Å²) in [6.07, 6.45) is 2.20. The second kappa shape index (κ2) is 8.00. The summed E-state index contributed by atoms with van der Waals surface area (Å²) >= 11 is 0. The Balaban J connectivity index is 2.85. The van der Waals surface area contributed by atoms with Crippen molar-refractivity contribution in [2.45, 2.75) is 40.2 Å². The normalized spacial score (nSPS) is 11.3. The molecule has 0 unspecified atom stereocenters. The highest BCUT2D eigenvalue weighted by Crippen LogP contribution is 2.17. The molecular formula is C16H24FNO2. The highest BCUT2D eigenvalue weighted by molar-refractivity contribution is 5.88. The Hall–Kier alpha value is -1.42. The molecule has 0 bridgehead atoms. The molecule has 1 rings (SSSR count). The lowest BCUT2D eigenvalue weighted by Gasteiger charge is -2.25. The lowest BCUT2D eigenvalue weighted by molar-refractivity contribution is 0.0691. The third kappa shape index (κ3) is 4.30. The third-order valence-electron chi connectivity index (χ3n) is 3.82. The zero-order valence-electron chi connectivity index (χ0n) is 12.5. The van der Waals surface area contributed by atoms with Gasteiger partial charge >= 0.3 is 5.97 Å². The number of rotatable bonds is 8. The van der Waals surface area contributed by atoms with E-state index < -0.39 is 11.8 Å². The van der Waals surface area contributed by atoms with Gasteiger partial charge in [0.15, 0.2) is 0 Å². The quantitative estimate of drug-likeness (QED) is 0.788. The summed E-state index contributed by atoms with van der Waals surface area (Å²) in [6.45, 7) is 8.57. The summed E-state index contributed by atoms with van der Waals surface area (Å²) in [6, 6.07) is 4.57. The molecule has 20 heavy (non-hydrogen) atoms. The second-order valence-corrected chi connectivity index (χ2v) is 5.09. The van der Waals surface area contributed by atoms with Crippen LogP contribution in [0.3, 0.4) is 0 Å². The number of halogens is 1. The van der Waals surface area contributed by atoms with E-state index in [1.165, 1.54) is 6.07 Å². The average Bonchev–Trinajstić information content (AvgIpc) is 2.44. The fraction of sp³-hybridized carbons (Fsp3) is 0.562. The number of hydrogen-bond donors (Lipinski definition) is 1. The van der Waals surface area contributed by atoms with Gasteiger partial charge in [0.2, 0.25) is 0 Å². The van der Waals surface area contributed by atoms with E-state index in [1.807, 2.05) is 6.92 Å². The first-order valence-electron chi connectivity index (χ1n) is 7.26. The van der Waals surface area contributed by atoms with Gasteiger partial charge in [-0.15, -0.1) is 0 Å². The number of carboxylic acids is 1. The maximum absolute atomic E-state index is 14.1. The first kappa shape index (κ1) is 16.6. The van der Waals surface area contributed by atoms with Crippen LogP contribution in [0.4, 0.5) is 4.39 Å². The van der Waals surface area contributed by atoms with E-state index in [-0.39, 0.29) is 5.56 Å². The van der Waals surface area contributed by atoms with Gasteiger partial charge in [0.25, 0.3) is 0 Å². The molecule has 0 heterocycles. The van der Waals surface area contributed by atoms with Crippen LogP contribution in [0.25, 0.3) is 0 Å². The van der Waals surface area contributed by atoms with Gasteiger partial charge in [-0.05, 0) is 18.5 Å². The molecule has 0 atom stereocenters. The summed E-state index contributed by atoms with van der Waals surface area (Å²) < 4.78 is 14.1. The maximum atomic E-state index is 14.1. The molecule has 0 saturated carbocycles. The highest BCUT2D eigenvalue weighted by Gasteiger charge is 2.16. The largest absolute Gasteiger partial charge is 0.478 e. The molecule has 0 saturated heterocycles. The molecule has 4 heteroatoms. The average molecular weight is 281 g/mol. The molecule has 112 valence electrons.